The number of imide groups is 1. The molecule has 240 valence electrons. The van der Waals surface area contributed by atoms with Crippen LogP contribution in [0.25, 0.3) is 0 Å². The fourth-order valence-corrected chi connectivity index (χ4v) is 5.56. The van der Waals surface area contributed by atoms with Gasteiger partial charge in [-0.2, -0.15) is 0 Å². The summed E-state index contributed by atoms with van der Waals surface area (Å²) < 4.78 is 32.8. The highest BCUT2D eigenvalue weighted by atomic mass is 32.2. The lowest BCUT2D eigenvalue weighted by molar-refractivity contribution is -0.148. The van der Waals surface area contributed by atoms with Gasteiger partial charge in [-0.25, -0.2) is 27.5 Å². The van der Waals surface area contributed by atoms with Crippen LogP contribution in [0.3, 0.4) is 0 Å². The van der Waals surface area contributed by atoms with Gasteiger partial charge in [0.2, 0.25) is 15.9 Å². The molecule has 3 aromatic carbocycles. The fourth-order valence-electron chi connectivity index (χ4n) is 4.48. The minimum Gasteiger partial charge on any atom is -0.459 e. The van der Waals surface area contributed by atoms with Crippen molar-refractivity contribution in [3.8, 4) is 0 Å². The molecule has 0 radical (unpaired) electrons. The summed E-state index contributed by atoms with van der Waals surface area (Å²) in [5.74, 6) is -4.28. The lowest BCUT2D eigenvalue weighted by atomic mass is 9.91. The minimum absolute atomic E-state index is 0.192. The van der Waals surface area contributed by atoms with Crippen molar-refractivity contribution >= 4 is 51.4 Å². The molecule has 6 amide bonds. The van der Waals surface area contributed by atoms with Crippen molar-refractivity contribution in [2.24, 2.45) is 5.73 Å². The van der Waals surface area contributed by atoms with Gasteiger partial charge in [0.15, 0.2) is 0 Å². The second-order valence-corrected chi connectivity index (χ2v) is 12.1. The molecule has 46 heavy (non-hydrogen) atoms. The van der Waals surface area contributed by atoms with Crippen LogP contribution in [0, 0.1) is 5.41 Å². The van der Waals surface area contributed by atoms with E-state index < -0.39 is 63.7 Å². The number of anilines is 1. The van der Waals surface area contributed by atoms with E-state index in [-0.39, 0.29) is 12.4 Å². The Morgan fingerprint density at radius 1 is 0.978 bits per heavy atom. The maximum atomic E-state index is 13.3. The van der Waals surface area contributed by atoms with E-state index >= 15 is 0 Å². The Hall–Kier alpha value is -5.77. The number of sulfonamides is 1. The third kappa shape index (κ3) is 8.23. The van der Waals surface area contributed by atoms with Gasteiger partial charge >= 0.3 is 18.0 Å². The molecule has 3 aromatic rings. The number of nitrogen functional groups attached to an aromatic ring is 1. The van der Waals surface area contributed by atoms with Gasteiger partial charge in [0, 0.05) is 11.3 Å². The third-order valence-electron chi connectivity index (χ3n) is 6.86. The Morgan fingerprint density at radius 3 is 2.20 bits per heavy atom. The van der Waals surface area contributed by atoms with Crippen LogP contribution >= 0.6 is 0 Å². The zero-order valence-corrected chi connectivity index (χ0v) is 25.3. The van der Waals surface area contributed by atoms with Gasteiger partial charge in [0.25, 0.3) is 5.91 Å². The molecule has 0 bridgehead atoms. The van der Waals surface area contributed by atoms with Crippen molar-refractivity contribution in [3.05, 3.63) is 102 Å². The van der Waals surface area contributed by atoms with E-state index in [9.17, 15) is 32.4 Å². The lowest BCUT2D eigenvalue weighted by Gasteiger charge is -2.23. The van der Waals surface area contributed by atoms with Crippen molar-refractivity contribution < 1.29 is 37.1 Å². The molecule has 1 fully saturated rings. The van der Waals surface area contributed by atoms with Crippen LogP contribution in [0.5, 0.6) is 0 Å². The fraction of sp³-hybridized carbons (Fsp3) is 0.200. The lowest BCUT2D eigenvalue weighted by Crippen LogP contribution is -2.52. The highest BCUT2D eigenvalue weighted by molar-refractivity contribution is 7.90. The Balaban J connectivity index is 1.46. The van der Waals surface area contributed by atoms with E-state index in [1.807, 2.05) is 0 Å². The quantitative estimate of drug-likeness (QED) is 0.0713. The van der Waals surface area contributed by atoms with Crippen LogP contribution in [0.2, 0.25) is 0 Å². The number of carbonyl (C=O) groups excluding carboxylic acids is 5. The van der Waals surface area contributed by atoms with Gasteiger partial charge in [-0.15, -0.1) is 0 Å². The summed E-state index contributed by atoms with van der Waals surface area (Å²) in [4.78, 5) is 65.1. The number of carbonyl (C=O) groups is 5. The number of benzene rings is 3. The molecule has 7 N–H and O–H groups in total. The average Bonchev–Trinajstić information content (AvgIpc) is 3.23. The summed E-state index contributed by atoms with van der Waals surface area (Å²) in [6.45, 7) is 0.314. The minimum atomic E-state index is -4.55. The van der Waals surface area contributed by atoms with Crippen LogP contribution in [0.4, 0.5) is 15.3 Å². The zero-order valence-electron chi connectivity index (χ0n) is 24.5. The number of nitrogens with one attached hydrogen (secondary N) is 5. The monoisotopic (exact) mass is 649 g/mol. The van der Waals surface area contributed by atoms with Crippen LogP contribution < -0.4 is 26.4 Å². The van der Waals surface area contributed by atoms with E-state index in [0.29, 0.717) is 27.3 Å². The molecule has 0 aliphatic carbocycles. The molecule has 2 atom stereocenters. The van der Waals surface area contributed by atoms with Gasteiger partial charge < -0.3 is 26.4 Å². The number of nitrogens with zero attached hydrogens (tertiary/aromatic N) is 1. The number of ether oxygens (including phenoxy) is 1. The topological polar surface area (TPSA) is 230 Å². The first-order chi connectivity index (χ1) is 21.8. The van der Waals surface area contributed by atoms with E-state index in [2.05, 4.69) is 16.0 Å². The van der Waals surface area contributed by atoms with Gasteiger partial charge in [-0.05, 0) is 30.2 Å². The number of para-hydroxylation sites is 1. The molecule has 15 nitrogen and oxygen atoms in total. The predicted molar refractivity (Wildman–Crippen MR) is 166 cm³/mol. The molecular weight excluding hydrogens is 618 g/mol. The number of amidine groups is 1. The normalized spacial score (nSPS) is 16.6. The summed E-state index contributed by atoms with van der Waals surface area (Å²) >= 11 is 0. The number of urea groups is 2. The van der Waals surface area contributed by atoms with Crippen LogP contribution in [-0.4, -0.2) is 67.3 Å². The second kappa shape index (κ2) is 13.9. The third-order valence-corrected chi connectivity index (χ3v) is 8.13. The summed E-state index contributed by atoms with van der Waals surface area (Å²) in [6.07, 6.45) is 0. The van der Waals surface area contributed by atoms with Gasteiger partial charge in [-0.1, -0.05) is 72.8 Å². The molecule has 1 heterocycles. The number of nitrogens with two attached hydrogens (primary N) is 1. The molecular formula is C30H31N7O8S. The first-order valence-corrected chi connectivity index (χ1v) is 15.4. The largest absolute Gasteiger partial charge is 0.459 e. The Labute approximate surface area is 264 Å². The van der Waals surface area contributed by atoms with Crippen molar-refractivity contribution in [3.63, 3.8) is 0 Å². The number of esters is 1. The van der Waals surface area contributed by atoms with Crippen LogP contribution in [0.1, 0.15) is 23.6 Å². The molecule has 0 spiro atoms. The predicted octanol–water partition coefficient (Wildman–Crippen LogP) is 1.12. The SMILES string of the molecule is C[C@]1(c2ccc(C(=N)N)cc2)NC(=O)N(CC(=O)N[C@@H](CS(=O)(=O)NC(=O)Nc2ccccc2)C(=O)OCc2ccccc2)C1=O. The first-order valence-electron chi connectivity index (χ1n) is 13.7. The molecule has 1 saturated heterocycles. The molecule has 0 saturated carbocycles. The highest BCUT2D eigenvalue weighted by Gasteiger charge is 2.49. The van der Waals surface area contributed by atoms with Crippen LogP contribution in [0.15, 0.2) is 84.9 Å². The first kappa shape index (κ1) is 33.1. The van der Waals surface area contributed by atoms with E-state index in [1.165, 1.54) is 43.3 Å². The average molecular weight is 650 g/mol. The number of rotatable bonds is 12. The summed E-state index contributed by atoms with van der Waals surface area (Å²) in [7, 11) is -4.55. The molecule has 1 aliphatic heterocycles. The highest BCUT2D eigenvalue weighted by Crippen LogP contribution is 2.29. The Morgan fingerprint density at radius 2 is 1.59 bits per heavy atom. The standard InChI is InChI=1S/C30H31N7O8S/c1-30(21-14-12-20(13-15-21)25(31)32)27(40)37(29(42)35-30)16-24(38)34-23(26(39)45-17-19-8-4-2-5-9-19)18-46(43,44)36-28(41)33-22-10-6-3-7-11-22/h2-15,23H,16-18H2,1H3,(H3,31,32)(H,34,38)(H,35,42)(H2,33,36,41)/t23-,30+/m0/s1. The Bertz CT molecular complexity index is 1750. The summed E-state index contributed by atoms with van der Waals surface area (Å²) in [5, 5.41) is 14.6. The van der Waals surface area contributed by atoms with Crippen LogP contribution in [-0.2, 0) is 41.3 Å². The molecule has 0 aromatic heterocycles. The van der Waals surface area contributed by atoms with Crippen molar-refractivity contribution in [2.45, 2.75) is 25.1 Å². The van der Waals surface area contributed by atoms with Gasteiger partial charge in [0.05, 0.1) is 0 Å². The van der Waals surface area contributed by atoms with Crippen molar-refractivity contribution in [2.75, 3.05) is 17.6 Å². The summed E-state index contributed by atoms with van der Waals surface area (Å²) in [5.41, 5.74) is 5.54. The van der Waals surface area contributed by atoms with E-state index in [4.69, 9.17) is 15.9 Å². The molecule has 0 unspecified atom stereocenters. The van der Waals surface area contributed by atoms with Gasteiger partial charge in [-0.3, -0.25) is 19.9 Å². The number of hydrogen-bond donors (Lipinski definition) is 6. The maximum absolute atomic E-state index is 13.3. The number of amides is 6. The van der Waals surface area contributed by atoms with Crippen molar-refractivity contribution in [1.29, 1.82) is 5.41 Å². The maximum Gasteiger partial charge on any atom is 0.332 e. The summed E-state index contributed by atoms with van der Waals surface area (Å²) in [6, 6.07) is 18.6. The molecule has 16 heteroatoms. The Kier molecular flexibility index (Phi) is 10.0. The molecule has 1 aliphatic rings. The zero-order chi connectivity index (χ0) is 33.5. The second-order valence-electron chi connectivity index (χ2n) is 10.4. The van der Waals surface area contributed by atoms with E-state index in [0.717, 1.165) is 0 Å². The van der Waals surface area contributed by atoms with E-state index in [1.54, 1.807) is 53.3 Å². The molecule has 4 rings (SSSR count). The van der Waals surface area contributed by atoms with Gasteiger partial charge in [0.1, 0.15) is 36.3 Å². The number of hydrogen-bond acceptors (Lipinski definition) is 9. The van der Waals surface area contributed by atoms with Crippen molar-refractivity contribution in [1.82, 2.24) is 20.3 Å². The smallest absolute Gasteiger partial charge is 0.332 e.